The fraction of sp³-hybridized carbons (Fsp3) is 0.250. The van der Waals surface area contributed by atoms with E-state index in [1.807, 2.05) is 0 Å². The minimum atomic E-state index is -1.10. The van der Waals surface area contributed by atoms with Crippen LogP contribution in [0.2, 0.25) is 0 Å². The van der Waals surface area contributed by atoms with Gasteiger partial charge in [-0.3, -0.25) is 0 Å². The molecular formula is C12H12O5. The van der Waals surface area contributed by atoms with Gasteiger partial charge in [0.05, 0.1) is 19.6 Å². The van der Waals surface area contributed by atoms with Gasteiger partial charge in [0.2, 0.25) is 5.76 Å². The Balaban J connectivity index is 2.84. The van der Waals surface area contributed by atoms with Gasteiger partial charge in [0.15, 0.2) is 11.5 Å². The van der Waals surface area contributed by atoms with Gasteiger partial charge in [-0.05, 0) is 19.1 Å². The lowest BCUT2D eigenvalue weighted by molar-refractivity contribution is 0.0664. The van der Waals surface area contributed by atoms with Crippen LogP contribution in [0.5, 0.6) is 11.5 Å². The third-order valence-corrected chi connectivity index (χ3v) is 2.63. The van der Waals surface area contributed by atoms with Gasteiger partial charge in [-0.2, -0.15) is 0 Å². The highest BCUT2D eigenvalue weighted by molar-refractivity contribution is 5.98. The average molecular weight is 236 g/mol. The molecule has 5 nitrogen and oxygen atoms in total. The Bertz CT molecular complexity index is 582. The van der Waals surface area contributed by atoms with Crippen LogP contribution in [0.15, 0.2) is 16.5 Å². The van der Waals surface area contributed by atoms with Gasteiger partial charge in [0, 0.05) is 5.56 Å². The molecule has 0 aliphatic rings. The van der Waals surface area contributed by atoms with E-state index in [1.54, 1.807) is 19.1 Å². The Morgan fingerprint density at radius 2 is 2.00 bits per heavy atom. The van der Waals surface area contributed by atoms with E-state index in [1.165, 1.54) is 14.2 Å². The number of hydrogen-bond donors (Lipinski definition) is 1. The van der Waals surface area contributed by atoms with E-state index >= 15 is 0 Å². The summed E-state index contributed by atoms with van der Waals surface area (Å²) < 4.78 is 15.7. The third-order valence-electron chi connectivity index (χ3n) is 2.63. The van der Waals surface area contributed by atoms with E-state index in [0.29, 0.717) is 28.0 Å². The van der Waals surface area contributed by atoms with Gasteiger partial charge in [0.1, 0.15) is 5.58 Å². The first-order chi connectivity index (χ1) is 8.10. The molecule has 0 bridgehead atoms. The summed E-state index contributed by atoms with van der Waals surface area (Å²) in [4.78, 5) is 11.0. The first-order valence-electron chi connectivity index (χ1n) is 4.97. The maximum Gasteiger partial charge on any atom is 0.372 e. The Kier molecular flexibility index (Phi) is 2.67. The van der Waals surface area contributed by atoms with Gasteiger partial charge >= 0.3 is 5.97 Å². The van der Waals surface area contributed by atoms with Crippen LogP contribution >= 0.6 is 0 Å². The van der Waals surface area contributed by atoms with Gasteiger partial charge in [-0.1, -0.05) is 0 Å². The van der Waals surface area contributed by atoms with Crippen molar-refractivity contribution in [3.8, 4) is 11.5 Å². The molecule has 0 aliphatic heterocycles. The Hall–Kier alpha value is -2.17. The molecule has 2 aromatic rings. The summed E-state index contributed by atoms with van der Waals surface area (Å²) >= 11 is 0. The lowest BCUT2D eigenvalue weighted by atomic mass is 10.1. The summed E-state index contributed by atoms with van der Waals surface area (Å²) in [5.74, 6) is -0.147. The zero-order chi connectivity index (χ0) is 12.6. The maximum atomic E-state index is 11.0. The summed E-state index contributed by atoms with van der Waals surface area (Å²) in [6.07, 6.45) is 0. The van der Waals surface area contributed by atoms with Crippen LogP contribution in [0.4, 0.5) is 0 Å². The monoisotopic (exact) mass is 236 g/mol. The Morgan fingerprint density at radius 3 is 2.53 bits per heavy atom. The Morgan fingerprint density at radius 1 is 1.29 bits per heavy atom. The molecule has 2 rings (SSSR count). The largest absolute Gasteiger partial charge is 0.493 e. The molecule has 0 fully saturated rings. The summed E-state index contributed by atoms with van der Waals surface area (Å²) in [6, 6.07) is 3.34. The molecule has 0 spiro atoms. The second-order valence-corrected chi connectivity index (χ2v) is 3.54. The molecular weight excluding hydrogens is 224 g/mol. The van der Waals surface area contributed by atoms with E-state index in [2.05, 4.69) is 0 Å². The number of hydrogen-bond acceptors (Lipinski definition) is 4. The third kappa shape index (κ3) is 1.60. The molecule has 0 unspecified atom stereocenters. The van der Waals surface area contributed by atoms with Crippen LogP contribution in [0.1, 0.15) is 16.1 Å². The molecule has 1 aromatic carbocycles. The highest BCUT2D eigenvalue weighted by atomic mass is 16.5. The van der Waals surface area contributed by atoms with Crippen molar-refractivity contribution in [3.63, 3.8) is 0 Å². The molecule has 90 valence electrons. The average Bonchev–Trinajstić information content (AvgIpc) is 2.66. The number of carbonyl (C=O) groups is 1. The molecule has 0 saturated heterocycles. The van der Waals surface area contributed by atoms with E-state index < -0.39 is 5.97 Å². The first-order valence-corrected chi connectivity index (χ1v) is 4.97. The van der Waals surface area contributed by atoms with E-state index in [0.717, 1.165) is 0 Å². The highest BCUT2D eigenvalue weighted by Gasteiger charge is 2.21. The fourth-order valence-corrected chi connectivity index (χ4v) is 1.85. The predicted molar refractivity (Wildman–Crippen MR) is 61.0 cm³/mol. The maximum absolute atomic E-state index is 11.0. The number of methoxy groups -OCH3 is 2. The number of aryl methyl sites for hydroxylation is 1. The quantitative estimate of drug-likeness (QED) is 0.886. The standard InChI is InChI=1S/C12H12O5/c1-6-9-7(17-10(6)12(13)14)4-5-8(15-2)11(9)16-3/h4-5H,1-3H3,(H,13,14). The van der Waals surface area contributed by atoms with Crippen LogP contribution in [0, 0.1) is 6.92 Å². The molecule has 0 atom stereocenters. The number of fused-ring (bicyclic) bond motifs is 1. The van der Waals surface area contributed by atoms with Crippen LogP contribution in [-0.2, 0) is 0 Å². The smallest absolute Gasteiger partial charge is 0.372 e. The molecule has 1 N–H and O–H groups in total. The first kappa shape index (κ1) is 11.3. The van der Waals surface area contributed by atoms with E-state index in [4.69, 9.17) is 19.0 Å². The molecule has 0 aliphatic carbocycles. The van der Waals surface area contributed by atoms with Crippen molar-refractivity contribution in [2.45, 2.75) is 6.92 Å². The zero-order valence-electron chi connectivity index (χ0n) is 9.73. The highest BCUT2D eigenvalue weighted by Crippen LogP contribution is 2.39. The number of carboxylic acid groups (broad SMARTS) is 1. The van der Waals surface area contributed by atoms with E-state index in [-0.39, 0.29) is 5.76 Å². The van der Waals surface area contributed by atoms with Crippen molar-refractivity contribution in [1.29, 1.82) is 0 Å². The number of benzene rings is 1. The molecule has 1 heterocycles. The lowest BCUT2D eigenvalue weighted by Gasteiger charge is -2.07. The van der Waals surface area contributed by atoms with Crippen molar-refractivity contribution in [3.05, 3.63) is 23.5 Å². The van der Waals surface area contributed by atoms with Crippen molar-refractivity contribution in [2.75, 3.05) is 14.2 Å². The molecule has 17 heavy (non-hydrogen) atoms. The number of aromatic carboxylic acids is 1. The lowest BCUT2D eigenvalue weighted by Crippen LogP contribution is -1.96. The SMILES string of the molecule is COc1ccc2oc(C(=O)O)c(C)c2c1OC. The summed E-state index contributed by atoms with van der Waals surface area (Å²) in [6.45, 7) is 1.68. The molecule has 0 radical (unpaired) electrons. The second kappa shape index (κ2) is 4.01. The van der Waals surface area contributed by atoms with Crippen LogP contribution in [0.3, 0.4) is 0 Å². The minimum absolute atomic E-state index is 0.0773. The van der Waals surface area contributed by atoms with E-state index in [9.17, 15) is 4.79 Å². The Labute approximate surface area is 97.6 Å². The normalized spacial score (nSPS) is 10.5. The topological polar surface area (TPSA) is 68.9 Å². The predicted octanol–water partition coefficient (Wildman–Crippen LogP) is 2.46. The minimum Gasteiger partial charge on any atom is -0.493 e. The number of carboxylic acids is 1. The number of furan rings is 1. The van der Waals surface area contributed by atoms with Crippen LogP contribution in [0.25, 0.3) is 11.0 Å². The fourth-order valence-electron chi connectivity index (χ4n) is 1.85. The zero-order valence-corrected chi connectivity index (χ0v) is 9.73. The number of rotatable bonds is 3. The van der Waals surface area contributed by atoms with Gasteiger partial charge < -0.3 is 19.0 Å². The van der Waals surface area contributed by atoms with Crippen LogP contribution < -0.4 is 9.47 Å². The second-order valence-electron chi connectivity index (χ2n) is 3.54. The van der Waals surface area contributed by atoms with Crippen molar-refractivity contribution < 1.29 is 23.8 Å². The molecule has 5 heteroatoms. The summed E-state index contributed by atoms with van der Waals surface area (Å²) in [5, 5.41) is 9.62. The van der Waals surface area contributed by atoms with Crippen molar-refractivity contribution >= 4 is 16.9 Å². The summed E-state index contributed by atoms with van der Waals surface area (Å²) in [5.41, 5.74) is 1.00. The van der Waals surface area contributed by atoms with Crippen LogP contribution in [-0.4, -0.2) is 25.3 Å². The van der Waals surface area contributed by atoms with Gasteiger partial charge in [0.25, 0.3) is 0 Å². The molecule has 0 amide bonds. The van der Waals surface area contributed by atoms with Crippen molar-refractivity contribution in [1.82, 2.24) is 0 Å². The molecule has 0 saturated carbocycles. The van der Waals surface area contributed by atoms with Crippen molar-refractivity contribution in [2.24, 2.45) is 0 Å². The molecule has 1 aromatic heterocycles. The number of ether oxygens (including phenoxy) is 2. The van der Waals surface area contributed by atoms with Gasteiger partial charge in [-0.15, -0.1) is 0 Å². The summed E-state index contributed by atoms with van der Waals surface area (Å²) in [7, 11) is 3.03. The van der Waals surface area contributed by atoms with Gasteiger partial charge in [-0.25, -0.2) is 4.79 Å².